The number of pyridine rings is 1. The van der Waals surface area contributed by atoms with Crippen LogP contribution in [-0.2, 0) is 4.74 Å². The molecule has 0 aliphatic heterocycles. The maximum atomic E-state index is 12.5. The lowest BCUT2D eigenvalue weighted by molar-refractivity contribution is 0.0524. The molecule has 16 heavy (non-hydrogen) atoms. The van der Waals surface area contributed by atoms with Crippen LogP contribution in [0.3, 0.4) is 0 Å². The number of aromatic nitrogens is 1. The Morgan fingerprint density at radius 2 is 2.25 bits per heavy atom. The van der Waals surface area contributed by atoms with Gasteiger partial charge in [-0.1, -0.05) is 0 Å². The molecule has 1 aromatic heterocycles. The summed E-state index contributed by atoms with van der Waals surface area (Å²) in [6.07, 6.45) is -1.57. The Kier molecular flexibility index (Phi) is 4.35. The summed E-state index contributed by atoms with van der Waals surface area (Å²) in [7, 11) is 0. The van der Waals surface area contributed by atoms with E-state index in [9.17, 15) is 13.6 Å². The Hall–Kier alpha value is -1.04. The molecule has 0 bridgehead atoms. The Labute approximate surface area is 99.9 Å². The van der Waals surface area contributed by atoms with Gasteiger partial charge in [-0.05, 0) is 35.3 Å². The summed E-state index contributed by atoms with van der Waals surface area (Å²) in [6, 6.07) is 0. The molecule has 3 nitrogen and oxygen atoms in total. The third-order valence-corrected chi connectivity index (χ3v) is 2.99. The van der Waals surface area contributed by atoms with Gasteiger partial charge in [0.2, 0.25) is 0 Å². The zero-order valence-electron chi connectivity index (χ0n) is 8.76. The van der Waals surface area contributed by atoms with Crippen molar-refractivity contribution in [2.45, 2.75) is 20.3 Å². The number of halogens is 3. The fourth-order valence-corrected chi connectivity index (χ4v) is 1.65. The van der Waals surface area contributed by atoms with E-state index in [1.54, 1.807) is 13.8 Å². The molecule has 0 spiro atoms. The van der Waals surface area contributed by atoms with Crippen LogP contribution in [0.2, 0.25) is 0 Å². The highest BCUT2D eigenvalue weighted by molar-refractivity contribution is 9.10. The predicted octanol–water partition coefficient (Wildman–Crippen LogP) is 3.27. The molecule has 1 aromatic rings. The fraction of sp³-hybridized carbons (Fsp3) is 0.400. The smallest absolute Gasteiger partial charge is 0.340 e. The van der Waals surface area contributed by atoms with Crippen molar-refractivity contribution in [3.63, 3.8) is 0 Å². The maximum absolute atomic E-state index is 12.5. The number of alkyl halides is 2. The van der Waals surface area contributed by atoms with Crippen LogP contribution in [0, 0.1) is 6.92 Å². The van der Waals surface area contributed by atoms with Crippen LogP contribution in [0.15, 0.2) is 10.7 Å². The molecule has 0 aliphatic rings. The second-order valence-corrected chi connectivity index (χ2v) is 3.81. The van der Waals surface area contributed by atoms with Crippen molar-refractivity contribution in [3.8, 4) is 0 Å². The quantitative estimate of drug-likeness (QED) is 0.803. The van der Waals surface area contributed by atoms with Crippen LogP contribution in [0.25, 0.3) is 0 Å². The van der Waals surface area contributed by atoms with E-state index in [-0.39, 0.29) is 22.3 Å². The first kappa shape index (κ1) is 13.0. The van der Waals surface area contributed by atoms with Gasteiger partial charge in [0.15, 0.2) is 0 Å². The second kappa shape index (κ2) is 5.34. The normalized spacial score (nSPS) is 10.6. The van der Waals surface area contributed by atoms with E-state index in [1.165, 1.54) is 0 Å². The second-order valence-electron chi connectivity index (χ2n) is 3.02. The number of carbonyl (C=O) groups is 1. The summed E-state index contributed by atoms with van der Waals surface area (Å²) < 4.78 is 29.9. The summed E-state index contributed by atoms with van der Waals surface area (Å²) in [5.74, 6) is -0.561. The molecule has 0 aromatic carbocycles. The Morgan fingerprint density at radius 1 is 1.62 bits per heavy atom. The Morgan fingerprint density at radius 3 is 2.75 bits per heavy atom. The molecule has 0 amide bonds. The van der Waals surface area contributed by atoms with Crippen LogP contribution >= 0.6 is 15.9 Å². The highest BCUT2D eigenvalue weighted by atomic mass is 79.9. The molecule has 1 heterocycles. The summed E-state index contributed by atoms with van der Waals surface area (Å²) in [5, 5.41) is 0. The number of hydrogen-bond donors (Lipinski definition) is 0. The van der Waals surface area contributed by atoms with E-state index in [0.717, 1.165) is 6.20 Å². The maximum Gasteiger partial charge on any atom is 0.340 e. The third kappa shape index (κ3) is 2.55. The number of carbonyl (C=O) groups excluding carboxylic acids is 1. The first-order valence-electron chi connectivity index (χ1n) is 4.59. The molecule has 0 N–H and O–H groups in total. The molecular formula is C10H10BrF2NO2. The molecule has 1 rings (SSSR count). The molecule has 0 saturated carbocycles. The van der Waals surface area contributed by atoms with E-state index >= 15 is 0 Å². The van der Waals surface area contributed by atoms with Crippen molar-refractivity contribution in [3.05, 3.63) is 27.5 Å². The molecule has 0 radical (unpaired) electrons. The van der Waals surface area contributed by atoms with Crippen molar-refractivity contribution >= 4 is 21.9 Å². The SMILES string of the molecule is CCOC(=O)c1cnc(C(F)F)c(Br)c1C. The average Bonchev–Trinajstić information content (AvgIpc) is 2.21. The van der Waals surface area contributed by atoms with Crippen LogP contribution < -0.4 is 0 Å². The number of rotatable bonds is 3. The van der Waals surface area contributed by atoms with E-state index in [1.807, 2.05) is 0 Å². The van der Waals surface area contributed by atoms with E-state index in [4.69, 9.17) is 4.74 Å². The first-order valence-corrected chi connectivity index (χ1v) is 5.38. The van der Waals surface area contributed by atoms with Crippen LogP contribution in [-0.4, -0.2) is 17.6 Å². The van der Waals surface area contributed by atoms with Gasteiger partial charge in [-0.3, -0.25) is 4.98 Å². The molecular weight excluding hydrogens is 284 g/mol. The van der Waals surface area contributed by atoms with Gasteiger partial charge in [0.1, 0.15) is 5.69 Å². The lowest BCUT2D eigenvalue weighted by Crippen LogP contribution is -2.09. The van der Waals surface area contributed by atoms with Gasteiger partial charge in [0.25, 0.3) is 6.43 Å². The summed E-state index contributed by atoms with van der Waals surface area (Å²) >= 11 is 3.00. The number of hydrogen-bond acceptors (Lipinski definition) is 3. The van der Waals surface area contributed by atoms with E-state index in [2.05, 4.69) is 20.9 Å². The Bertz CT molecular complexity index is 410. The third-order valence-electron chi connectivity index (χ3n) is 1.99. The average molecular weight is 294 g/mol. The van der Waals surface area contributed by atoms with Gasteiger partial charge in [0, 0.05) is 10.7 Å². The minimum absolute atomic E-state index is 0.146. The molecule has 0 saturated heterocycles. The summed E-state index contributed by atoms with van der Waals surface area (Å²) in [4.78, 5) is 15.0. The molecule has 88 valence electrons. The van der Waals surface area contributed by atoms with Gasteiger partial charge in [-0.25, -0.2) is 13.6 Å². The van der Waals surface area contributed by atoms with Gasteiger partial charge in [-0.15, -0.1) is 0 Å². The van der Waals surface area contributed by atoms with Crippen LogP contribution in [0.5, 0.6) is 0 Å². The lowest BCUT2D eigenvalue weighted by atomic mass is 10.1. The number of nitrogens with zero attached hydrogens (tertiary/aromatic N) is 1. The highest BCUT2D eigenvalue weighted by Gasteiger charge is 2.20. The minimum Gasteiger partial charge on any atom is -0.462 e. The topological polar surface area (TPSA) is 39.2 Å². The van der Waals surface area contributed by atoms with Gasteiger partial charge < -0.3 is 4.74 Å². The van der Waals surface area contributed by atoms with Crippen molar-refractivity contribution < 1.29 is 18.3 Å². The van der Waals surface area contributed by atoms with E-state index < -0.39 is 12.4 Å². The minimum atomic E-state index is -2.68. The summed E-state index contributed by atoms with van der Waals surface area (Å²) in [6.45, 7) is 3.46. The zero-order chi connectivity index (χ0) is 12.3. The molecule has 0 unspecified atom stereocenters. The standard InChI is InChI=1S/C10H10BrF2NO2/c1-3-16-10(15)6-4-14-8(9(12)13)7(11)5(6)2/h4,9H,3H2,1-2H3. The molecule has 6 heteroatoms. The van der Waals surface area contributed by atoms with Gasteiger partial charge in [0.05, 0.1) is 12.2 Å². The lowest BCUT2D eigenvalue weighted by Gasteiger charge is -2.09. The van der Waals surface area contributed by atoms with E-state index in [0.29, 0.717) is 5.56 Å². The Balaban J connectivity index is 3.16. The molecule has 0 aliphatic carbocycles. The first-order chi connectivity index (χ1) is 7.49. The molecule has 0 atom stereocenters. The van der Waals surface area contributed by atoms with Crippen molar-refractivity contribution in [1.82, 2.24) is 4.98 Å². The van der Waals surface area contributed by atoms with Crippen molar-refractivity contribution in [2.75, 3.05) is 6.61 Å². The van der Waals surface area contributed by atoms with Crippen LogP contribution in [0.1, 0.15) is 35.0 Å². The zero-order valence-corrected chi connectivity index (χ0v) is 10.3. The predicted molar refractivity (Wildman–Crippen MR) is 57.6 cm³/mol. The van der Waals surface area contributed by atoms with Crippen molar-refractivity contribution in [1.29, 1.82) is 0 Å². The number of esters is 1. The van der Waals surface area contributed by atoms with Crippen molar-refractivity contribution in [2.24, 2.45) is 0 Å². The summed E-state index contributed by atoms with van der Waals surface area (Å²) in [5.41, 5.74) is 0.229. The number of ether oxygens (including phenoxy) is 1. The highest BCUT2D eigenvalue weighted by Crippen LogP contribution is 2.29. The monoisotopic (exact) mass is 293 g/mol. The fourth-order valence-electron chi connectivity index (χ4n) is 1.16. The largest absolute Gasteiger partial charge is 0.462 e. The van der Waals surface area contributed by atoms with Gasteiger partial charge >= 0.3 is 5.97 Å². The molecule has 0 fully saturated rings. The van der Waals surface area contributed by atoms with Gasteiger partial charge in [-0.2, -0.15) is 0 Å². The van der Waals surface area contributed by atoms with Crippen LogP contribution in [0.4, 0.5) is 8.78 Å².